The molecule has 0 aliphatic carbocycles. The number of rotatable bonds is 6. The van der Waals surface area contributed by atoms with Crippen LogP contribution in [0, 0.1) is 0 Å². The Morgan fingerprint density at radius 3 is 2.21 bits per heavy atom. The number of carbonyl (C=O) groups excluding carboxylic acids is 1. The number of nitrogens with zero attached hydrogens (tertiary/aromatic N) is 1. The predicted molar refractivity (Wildman–Crippen MR) is 116 cm³/mol. The van der Waals surface area contributed by atoms with Crippen LogP contribution in [-0.4, -0.2) is 11.6 Å². The third-order valence-electron chi connectivity index (χ3n) is 4.02. The number of carbonyl (C=O) groups is 1. The summed E-state index contributed by atoms with van der Waals surface area (Å²) in [5, 5.41) is 4.80. The SMILES string of the molecule is CC(=NNC(=O)c1ccc(OCc2ccc(Br)cc2)cc1)c1ccc(Cl)cc1. The van der Waals surface area contributed by atoms with Gasteiger partial charge < -0.3 is 4.74 Å². The molecule has 1 N–H and O–H groups in total. The average Bonchev–Trinajstić information content (AvgIpc) is 2.72. The number of amides is 1. The van der Waals surface area contributed by atoms with Crippen LogP contribution in [-0.2, 0) is 6.61 Å². The van der Waals surface area contributed by atoms with Crippen molar-refractivity contribution in [1.82, 2.24) is 5.43 Å². The van der Waals surface area contributed by atoms with Gasteiger partial charge in [-0.15, -0.1) is 0 Å². The quantitative estimate of drug-likeness (QED) is 0.374. The Kier molecular flexibility index (Phi) is 6.85. The zero-order chi connectivity index (χ0) is 19.9. The van der Waals surface area contributed by atoms with Crippen molar-refractivity contribution in [3.63, 3.8) is 0 Å². The third kappa shape index (κ3) is 5.68. The van der Waals surface area contributed by atoms with E-state index in [4.69, 9.17) is 16.3 Å². The molecule has 0 saturated carbocycles. The summed E-state index contributed by atoms with van der Waals surface area (Å²) in [5.74, 6) is 0.410. The van der Waals surface area contributed by atoms with E-state index in [0.717, 1.165) is 15.6 Å². The summed E-state index contributed by atoms with van der Waals surface area (Å²) in [4.78, 5) is 12.3. The molecule has 142 valence electrons. The van der Waals surface area contributed by atoms with Gasteiger partial charge in [0.05, 0.1) is 5.71 Å². The predicted octanol–water partition coefficient (Wildman–Crippen LogP) is 5.84. The maximum Gasteiger partial charge on any atom is 0.271 e. The van der Waals surface area contributed by atoms with Crippen LogP contribution in [0.2, 0.25) is 5.02 Å². The second-order valence-corrected chi connectivity index (χ2v) is 7.44. The second-order valence-electron chi connectivity index (χ2n) is 6.08. The van der Waals surface area contributed by atoms with E-state index in [1.54, 1.807) is 36.4 Å². The van der Waals surface area contributed by atoms with Crippen LogP contribution in [0.25, 0.3) is 0 Å². The highest BCUT2D eigenvalue weighted by molar-refractivity contribution is 9.10. The van der Waals surface area contributed by atoms with Gasteiger partial charge in [-0.2, -0.15) is 5.10 Å². The first-order valence-electron chi connectivity index (χ1n) is 8.59. The van der Waals surface area contributed by atoms with Crippen LogP contribution in [0.3, 0.4) is 0 Å². The Morgan fingerprint density at radius 2 is 1.57 bits per heavy atom. The molecular weight excluding hydrogens is 440 g/mol. The molecule has 1 amide bonds. The van der Waals surface area contributed by atoms with E-state index in [9.17, 15) is 4.79 Å². The Balaban J connectivity index is 1.56. The van der Waals surface area contributed by atoms with E-state index in [1.807, 2.05) is 43.3 Å². The van der Waals surface area contributed by atoms with Gasteiger partial charge in [-0.25, -0.2) is 5.43 Å². The lowest BCUT2D eigenvalue weighted by atomic mass is 10.1. The summed E-state index contributed by atoms with van der Waals surface area (Å²) in [5.41, 5.74) is 5.72. The Bertz CT molecular complexity index is 969. The standard InChI is InChI=1S/C22H18BrClN2O2/c1-15(17-4-10-20(24)11-5-17)25-26-22(27)18-6-12-21(13-7-18)28-14-16-2-8-19(23)9-3-16/h2-13H,14H2,1H3,(H,26,27). The first-order valence-corrected chi connectivity index (χ1v) is 9.76. The molecule has 0 radical (unpaired) electrons. The highest BCUT2D eigenvalue weighted by atomic mass is 79.9. The van der Waals surface area contributed by atoms with Gasteiger partial charge in [-0.1, -0.05) is 51.8 Å². The maximum atomic E-state index is 12.3. The molecule has 0 aliphatic rings. The maximum absolute atomic E-state index is 12.3. The zero-order valence-corrected chi connectivity index (χ0v) is 17.5. The van der Waals surface area contributed by atoms with E-state index in [-0.39, 0.29) is 5.91 Å². The number of benzene rings is 3. The molecule has 3 aromatic rings. The van der Waals surface area contributed by atoms with Crippen LogP contribution in [0.5, 0.6) is 5.75 Å². The summed E-state index contributed by atoms with van der Waals surface area (Å²) in [6.07, 6.45) is 0. The minimum absolute atomic E-state index is 0.284. The van der Waals surface area contributed by atoms with Crippen molar-refractivity contribution in [1.29, 1.82) is 0 Å². The van der Waals surface area contributed by atoms with Gasteiger partial charge in [0, 0.05) is 15.1 Å². The molecular formula is C22H18BrClN2O2. The van der Waals surface area contributed by atoms with Crippen molar-refractivity contribution in [2.24, 2.45) is 5.10 Å². The van der Waals surface area contributed by atoms with Crippen molar-refractivity contribution in [2.75, 3.05) is 0 Å². The smallest absolute Gasteiger partial charge is 0.271 e. The van der Waals surface area contributed by atoms with E-state index in [0.29, 0.717) is 28.7 Å². The number of hydrogen-bond acceptors (Lipinski definition) is 3. The van der Waals surface area contributed by atoms with Gasteiger partial charge in [0.2, 0.25) is 0 Å². The molecule has 3 aromatic carbocycles. The summed E-state index contributed by atoms with van der Waals surface area (Å²) < 4.78 is 6.78. The van der Waals surface area contributed by atoms with Gasteiger partial charge in [-0.05, 0) is 66.6 Å². The van der Waals surface area contributed by atoms with Crippen molar-refractivity contribution in [3.8, 4) is 5.75 Å². The number of hydrogen-bond donors (Lipinski definition) is 1. The molecule has 0 aliphatic heterocycles. The first-order chi connectivity index (χ1) is 13.5. The minimum atomic E-state index is -0.284. The van der Waals surface area contributed by atoms with Crippen molar-refractivity contribution in [3.05, 3.63) is 99.0 Å². The number of halogens is 2. The van der Waals surface area contributed by atoms with Gasteiger partial charge in [0.25, 0.3) is 5.91 Å². The molecule has 4 nitrogen and oxygen atoms in total. The fraction of sp³-hybridized carbons (Fsp3) is 0.0909. The Labute approximate surface area is 177 Å². The molecule has 0 heterocycles. The Hall–Kier alpha value is -2.63. The van der Waals surface area contributed by atoms with E-state index < -0.39 is 0 Å². The zero-order valence-electron chi connectivity index (χ0n) is 15.2. The van der Waals surface area contributed by atoms with Crippen LogP contribution in [0.4, 0.5) is 0 Å². The van der Waals surface area contributed by atoms with Gasteiger partial charge >= 0.3 is 0 Å². The highest BCUT2D eigenvalue weighted by Gasteiger charge is 2.06. The normalized spacial score (nSPS) is 11.2. The molecule has 0 aromatic heterocycles. The highest BCUT2D eigenvalue weighted by Crippen LogP contribution is 2.16. The van der Waals surface area contributed by atoms with Crippen LogP contribution < -0.4 is 10.2 Å². The van der Waals surface area contributed by atoms with Crippen LogP contribution >= 0.6 is 27.5 Å². The fourth-order valence-corrected chi connectivity index (χ4v) is 2.79. The average molecular weight is 458 g/mol. The number of ether oxygens (including phenoxy) is 1. The summed E-state index contributed by atoms with van der Waals surface area (Å²) in [6, 6.07) is 22.1. The molecule has 28 heavy (non-hydrogen) atoms. The molecule has 0 saturated heterocycles. The van der Waals surface area contributed by atoms with Crippen LogP contribution in [0.1, 0.15) is 28.4 Å². The molecule has 0 atom stereocenters. The molecule has 0 spiro atoms. The van der Waals surface area contributed by atoms with Gasteiger partial charge in [0.15, 0.2) is 0 Å². The molecule has 3 rings (SSSR count). The summed E-state index contributed by atoms with van der Waals surface area (Å²) >= 11 is 9.29. The lowest BCUT2D eigenvalue weighted by Gasteiger charge is -2.07. The molecule has 6 heteroatoms. The van der Waals surface area contributed by atoms with Crippen LogP contribution in [0.15, 0.2) is 82.4 Å². The van der Waals surface area contributed by atoms with Gasteiger partial charge in [-0.3, -0.25) is 4.79 Å². The van der Waals surface area contributed by atoms with Gasteiger partial charge in [0.1, 0.15) is 12.4 Å². The molecule has 0 unspecified atom stereocenters. The fourth-order valence-electron chi connectivity index (χ4n) is 2.40. The van der Waals surface area contributed by atoms with E-state index in [2.05, 4.69) is 26.5 Å². The van der Waals surface area contributed by atoms with Crippen molar-refractivity contribution < 1.29 is 9.53 Å². The lowest BCUT2D eigenvalue weighted by molar-refractivity contribution is 0.0955. The first kappa shape index (κ1) is 20.1. The second kappa shape index (κ2) is 9.53. The molecule has 0 bridgehead atoms. The number of hydrazone groups is 1. The van der Waals surface area contributed by atoms with E-state index >= 15 is 0 Å². The lowest BCUT2D eigenvalue weighted by Crippen LogP contribution is -2.19. The Morgan fingerprint density at radius 1 is 0.964 bits per heavy atom. The summed E-state index contributed by atoms with van der Waals surface area (Å²) in [6.45, 7) is 2.28. The topological polar surface area (TPSA) is 50.7 Å². The molecule has 0 fully saturated rings. The minimum Gasteiger partial charge on any atom is -0.489 e. The third-order valence-corrected chi connectivity index (χ3v) is 4.80. The largest absolute Gasteiger partial charge is 0.489 e. The number of nitrogens with one attached hydrogen (secondary N) is 1. The summed E-state index contributed by atoms with van der Waals surface area (Å²) in [7, 11) is 0. The van der Waals surface area contributed by atoms with Crippen molar-refractivity contribution in [2.45, 2.75) is 13.5 Å². The monoisotopic (exact) mass is 456 g/mol. The van der Waals surface area contributed by atoms with Crippen molar-refractivity contribution >= 4 is 39.1 Å². The van der Waals surface area contributed by atoms with E-state index in [1.165, 1.54) is 0 Å².